The lowest BCUT2D eigenvalue weighted by atomic mass is 10.1. The fourth-order valence-corrected chi connectivity index (χ4v) is 2.52. The Balaban J connectivity index is 0.00000120. The van der Waals surface area contributed by atoms with E-state index in [1.165, 1.54) is 0 Å². The van der Waals surface area contributed by atoms with E-state index < -0.39 is 0 Å². The summed E-state index contributed by atoms with van der Waals surface area (Å²) in [6.07, 6.45) is 0. The average Bonchev–Trinajstić information content (AvgIpc) is 2.50. The SMILES string of the molecule is Cc1cccc2c1OCC1CNCCN1C2=O.Cl. The lowest BCUT2D eigenvalue weighted by molar-refractivity contribution is 0.0606. The molecular weight excluding hydrogens is 252 g/mol. The fourth-order valence-electron chi connectivity index (χ4n) is 2.52. The van der Waals surface area contributed by atoms with Crippen molar-refractivity contribution in [3.05, 3.63) is 29.3 Å². The predicted octanol–water partition coefficient (Wildman–Crippen LogP) is 1.22. The zero-order valence-corrected chi connectivity index (χ0v) is 11.1. The summed E-state index contributed by atoms with van der Waals surface area (Å²) >= 11 is 0. The van der Waals surface area contributed by atoms with Crippen LogP contribution in [0.4, 0.5) is 0 Å². The number of hydrogen-bond donors (Lipinski definition) is 1. The van der Waals surface area contributed by atoms with E-state index in [9.17, 15) is 4.79 Å². The average molecular weight is 269 g/mol. The normalized spacial score (nSPS) is 22.2. The van der Waals surface area contributed by atoms with E-state index >= 15 is 0 Å². The quantitative estimate of drug-likeness (QED) is 0.769. The van der Waals surface area contributed by atoms with Gasteiger partial charge in [-0.3, -0.25) is 4.79 Å². The highest BCUT2D eigenvalue weighted by molar-refractivity contribution is 5.98. The molecular formula is C13H17ClN2O2. The highest BCUT2D eigenvalue weighted by Gasteiger charge is 2.32. The summed E-state index contributed by atoms with van der Waals surface area (Å²) in [5.74, 6) is 0.861. The van der Waals surface area contributed by atoms with E-state index in [0.29, 0.717) is 12.2 Å². The number of fused-ring (bicyclic) bond motifs is 2. The van der Waals surface area contributed by atoms with Gasteiger partial charge in [0.15, 0.2) is 0 Å². The Morgan fingerprint density at radius 2 is 2.28 bits per heavy atom. The Hall–Kier alpha value is -1.26. The molecule has 0 radical (unpaired) electrons. The van der Waals surface area contributed by atoms with Crippen molar-refractivity contribution >= 4 is 18.3 Å². The highest BCUT2D eigenvalue weighted by atomic mass is 35.5. The minimum Gasteiger partial charge on any atom is -0.490 e. The molecule has 1 atom stereocenters. The number of rotatable bonds is 0. The number of piperazine rings is 1. The first-order valence-corrected chi connectivity index (χ1v) is 6.01. The molecule has 1 N–H and O–H groups in total. The molecule has 0 saturated carbocycles. The first-order valence-electron chi connectivity index (χ1n) is 6.01. The number of halogens is 1. The number of hydrogen-bond acceptors (Lipinski definition) is 3. The number of amides is 1. The van der Waals surface area contributed by atoms with E-state index in [1.54, 1.807) is 0 Å². The first-order chi connectivity index (χ1) is 8.27. The van der Waals surface area contributed by atoms with Crippen molar-refractivity contribution < 1.29 is 9.53 Å². The molecule has 0 spiro atoms. The molecule has 1 fully saturated rings. The second-order valence-corrected chi connectivity index (χ2v) is 4.62. The third-order valence-corrected chi connectivity index (χ3v) is 3.47. The van der Waals surface area contributed by atoms with Gasteiger partial charge in [-0.05, 0) is 18.6 Å². The van der Waals surface area contributed by atoms with E-state index in [2.05, 4.69) is 5.32 Å². The monoisotopic (exact) mass is 268 g/mol. The maximum atomic E-state index is 12.4. The van der Waals surface area contributed by atoms with E-state index in [-0.39, 0.29) is 24.4 Å². The van der Waals surface area contributed by atoms with Crippen molar-refractivity contribution in [2.24, 2.45) is 0 Å². The molecule has 2 heterocycles. The van der Waals surface area contributed by atoms with Gasteiger partial charge in [0.05, 0.1) is 11.6 Å². The smallest absolute Gasteiger partial charge is 0.258 e. The summed E-state index contributed by atoms with van der Waals surface area (Å²) < 4.78 is 5.82. The lowest BCUT2D eigenvalue weighted by Gasteiger charge is -2.33. The number of ether oxygens (including phenoxy) is 1. The molecule has 0 aromatic heterocycles. The fraction of sp³-hybridized carbons (Fsp3) is 0.462. The van der Waals surface area contributed by atoms with Crippen LogP contribution < -0.4 is 10.1 Å². The second kappa shape index (κ2) is 5.16. The van der Waals surface area contributed by atoms with Crippen LogP contribution in [0.25, 0.3) is 0 Å². The summed E-state index contributed by atoms with van der Waals surface area (Å²) in [5.41, 5.74) is 1.73. The minimum absolute atomic E-state index is 0. The molecule has 1 aromatic rings. The van der Waals surface area contributed by atoms with Gasteiger partial charge in [0.25, 0.3) is 5.91 Å². The molecule has 2 aliphatic heterocycles. The van der Waals surface area contributed by atoms with E-state index in [4.69, 9.17) is 4.74 Å². The molecule has 0 bridgehead atoms. The number of nitrogens with zero attached hydrogens (tertiary/aromatic N) is 1. The lowest BCUT2D eigenvalue weighted by Crippen LogP contribution is -2.54. The van der Waals surface area contributed by atoms with Crippen LogP contribution in [0.1, 0.15) is 15.9 Å². The summed E-state index contributed by atoms with van der Waals surface area (Å²) in [6.45, 7) is 5.01. The van der Waals surface area contributed by atoms with Gasteiger partial charge in [0.2, 0.25) is 0 Å². The molecule has 18 heavy (non-hydrogen) atoms. The second-order valence-electron chi connectivity index (χ2n) is 4.62. The van der Waals surface area contributed by atoms with Crippen LogP contribution >= 0.6 is 12.4 Å². The molecule has 2 aliphatic rings. The number of para-hydroxylation sites is 1. The van der Waals surface area contributed by atoms with Gasteiger partial charge in [0.1, 0.15) is 12.4 Å². The van der Waals surface area contributed by atoms with Gasteiger partial charge in [-0.2, -0.15) is 0 Å². The van der Waals surface area contributed by atoms with Crippen LogP contribution in [-0.4, -0.2) is 43.1 Å². The molecule has 3 rings (SSSR count). The molecule has 1 amide bonds. The third kappa shape index (κ3) is 2.06. The number of carbonyl (C=O) groups is 1. The molecule has 5 heteroatoms. The summed E-state index contributed by atoms with van der Waals surface area (Å²) in [7, 11) is 0. The number of benzene rings is 1. The Labute approximate surface area is 113 Å². The Morgan fingerprint density at radius 1 is 1.44 bits per heavy atom. The van der Waals surface area contributed by atoms with E-state index in [0.717, 1.165) is 30.9 Å². The number of carbonyl (C=O) groups excluding carboxylic acids is 1. The molecule has 0 aliphatic carbocycles. The van der Waals surface area contributed by atoms with Gasteiger partial charge < -0.3 is 15.0 Å². The minimum atomic E-state index is 0. The molecule has 1 saturated heterocycles. The summed E-state index contributed by atoms with van der Waals surface area (Å²) in [5, 5.41) is 3.30. The van der Waals surface area contributed by atoms with Gasteiger partial charge in [-0.25, -0.2) is 0 Å². The number of nitrogens with one attached hydrogen (secondary N) is 1. The van der Waals surface area contributed by atoms with Crippen molar-refractivity contribution in [3.63, 3.8) is 0 Å². The van der Waals surface area contributed by atoms with Crippen LogP contribution in [0.5, 0.6) is 5.75 Å². The largest absolute Gasteiger partial charge is 0.490 e. The van der Waals surface area contributed by atoms with Crippen molar-refractivity contribution in [2.75, 3.05) is 26.2 Å². The van der Waals surface area contributed by atoms with Crippen LogP contribution in [0, 0.1) is 6.92 Å². The maximum absolute atomic E-state index is 12.4. The van der Waals surface area contributed by atoms with Crippen LogP contribution in [0.15, 0.2) is 18.2 Å². The van der Waals surface area contributed by atoms with Crippen LogP contribution in [0.2, 0.25) is 0 Å². The van der Waals surface area contributed by atoms with Crippen molar-refractivity contribution in [2.45, 2.75) is 13.0 Å². The predicted molar refractivity (Wildman–Crippen MR) is 71.6 cm³/mol. The molecule has 1 unspecified atom stereocenters. The topological polar surface area (TPSA) is 41.6 Å². The van der Waals surface area contributed by atoms with Crippen LogP contribution in [-0.2, 0) is 0 Å². The van der Waals surface area contributed by atoms with Crippen LogP contribution in [0.3, 0.4) is 0 Å². The zero-order valence-electron chi connectivity index (χ0n) is 10.3. The zero-order chi connectivity index (χ0) is 11.8. The summed E-state index contributed by atoms with van der Waals surface area (Å²) in [6, 6.07) is 5.91. The van der Waals surface area contributed by atoms with E-state index in [1.807, 2.05) is 30.0 Å². The van der Waals surface area contributed by atoms with Gasteiger partial charge in [0, 0.05) is 19.6 Å². The standard InChI is InChI=1S/C13H16N2O2.ClH/c1-9-3-2-4-11-12(9)17-8-10-7-14-5-6-15(10)13(11)16;/h2-4,10,14H,5-8H2,1H3;1H. The first kappa shape index (κ1) is 13.2. The Kier molecular flexibility index (Phi) is 3.78. The third-order valence-electron chi connectivity index (χ3n) is 3.47. The van der Waals surface area contributed by atoms with Gasteiger partial charge in [-0.15, -0.1) is 12.4 Å². The number of aryl methyl sites for hydroxylation is 1. The van der Waals surface area contributed by atoms with Crippen molar-refractivity contribution in [1.29, 1.82) is 0 Å². The van der Waals surface area contributed by atoms with Crippen molar-refractivity contribution in [1.82, 2.24) is 10.2 Å². The molecule has 4 nitrogen and oxygen atoms in total. The van der Waals surface area contributed by atoms with Gasteiger partial charge >= 0.3 is 0 Å². The highest BCUT2D eigenvalue weighted by Crippen LogP contribution is 2.28. The van der Waals surface area contributed by atoms with Gasteiger partial charge in [-0.1, -0.05) is 12.1 Å². The Bertz CT molecular complexity index is 464. The molecule has 98 valence electrons. The summed E-state index contributed by atoms with van der Waals surface area (Å²) in [4.78, 5) is 14.4. The Morgan fingerprint density at radius 3 is 3.11 bits per heavy atom. The molecule has 1 aromatic carbocycles. The maximum Gasteiger partial charge on any atom is 0.258 e. The van der Waals surface area contributed by atoms with Crippen molar-refractivity contribution in [3.8, 4) is 5.75 Å².